The fraction of sp³-hybridized carbons (Fsp3) is 0.353. The number of aromatic nitrogens is 2. The van der Waals surface area contributed by atoms with Crippen molar-refractivity contribution < 1.29 is 14.3 Å². The number of hydrogen-bond acceptors (Lipinski definition) is 4. The number of hydrogen-bond donors (Lipinski definition) is 2. The Morgan fingerprint density at radius 2 is 1.62 bits per heavy atom. The first-order valence-electron chi connectivity index (χ1n) is 7.58. The molecule has 1 aromatic carbocycles. The van der Waals surface area contributed by atoms with Crippen molar-refractivity contribution in [2.24, 2.45) is 7.05 Å². The molecule has 0 saturated heterocycles. The van der Waals surface area contributed by atoms with E-state index < -0.39 is 0 Å². The van der Waals surface area contributed by atoms with E-state index in [-0.39, 0.29) is 24.8 Å². The number of amides is 2. The summed E-state index contributed by atoms with van der Waals surface area (Å²) < 4.78 is 6.53. The number of carbonyl (C=O) groups excluding carboxylic acids is 2. The average molecular weight is 330 g/mol. The molecule has 128 valence electrons. The fourth-order valence-electron chi connectivity index (χ4n) is 2.40. The van der Waals surface area contributed by atoms with Crippen molar-refractivity contribution in [1.29, 1.82) is 0 Å². The van der Waals surface area contributed by atoms with Crippen molar-refractivity contribution in [1.82, 2.24) is 9.78 Å². The third-order valence-electron chi connectivity index (χ3n) is 3.72. The Hall–Kier alpha value is -2.67. The molecule has 2 rings (SSSR count). The van der Waals surface area contributed by atoms with Gasteiger partial charge in [-0.05, 0) is 38.1 Å². The molecule has 7 nitrogen and oxygen atoms in total. The second kappa shape index (κ2) is 7.74. The van der Waals surface area contributed by atoms with E-state index in [1.54, 1.807) is 28.9 Å². The van der Waals surface area contributed by atoms with Crippen LogP contribution >= 0.6 is 0 Å². The van der Waals surface area contributed by atoms with Gasteiger partial charge in [-0.1, -0.05) is 0 Å². The number of aryl methyl sites for hydroxylation is 2. The lowest BCUT2D eigenvalue weighted by Gasteiger charge is -2.08. The maximum Gasteiger partial charge on any atom is 0.250 e. The summed E-state index contributed by atoms with van der Waals surface area (Å²) >= 11 is 0. The minimum Gasteiger partial charge on any atom is -0.375 e. The molecule has 0 unspecified atom stereocenters. The molecule has 1 heterocycles. The molecule has 0 saturated carbocycles. The monoisotopic (exact) mass is 330 g/mol. The third kappa shape index (κ3) is 4.42. The Balaban J connectivity index is 1.95. The largest absolute Gasteiger partial charge is 0.375 e. The van der Waals surface area contributed by atoms with Gasteiger partial charge in [0.2, 0.25) is 11.8 Å². The van der Waals surface area contributed by atoms with Crippen LogP contribution in [0.15, 0.2) is 24.3 Å². The summed E-state index contributed by atoms with van der Waals surface area (Å²) in [4.78, 5) is 23.6. The van der Waals surface area contributed by atoms with Gasteiger partial charge >= 0.3 is 0 Å². The van der Waals surface area contributed by atoms with Crippen LogP contribution in [0.4, 0.5) is 11.4 Å². The number of methoxy groups -OCH3 is 1. The summed E-state index contributed by atoms with van der Waals surface area (Å²) in [6, 6.07) is 6.93. The Bertz CT molecular complexity index is 735. The first-order valence-corrected chi connectivity index (χ1v) is 7.58. The van der Waals surface area contributed by atoms with Gasteiger partial charge in [0, 0.05) is 36.8 Å². The Morgan fingerprint density at radius 1 is 1.08 bits per heavy atom. The van der Waals surface area contributed by atoms with Gasteiger partial charge in [-0.15, -0.1) is 0 Å². The van der Waals surface area contributed by atoms with E-state index in [2.05, 4.69) is 15.7 Å². The van der Waals surface area contributed by atoms with Gasteiger partial charge in [0.25, 0.3) is 0 Å². The van der Waals surface area contributed by atoms with Crippen molar-refractivity contribution in [3.8, 4) is 0 Å². The fourth-order valence-corrected chi connectivity index (χ4v) is 2.40. The Morgan fingerprint density at radius 3 is 2.08 bits per heavy atom. The van der Waals surface area contributed by atoms with E-state index in [1.807, 2.05) is 20.9 Å². The summed E-state index contributed by atoms with van der Waals surface area (Å²) in [7, 11) is 3.32. The minimum atomic E-state index is -0.225. The number of nitrogens with zero attached hydrogens (tertiary/aromatic N) is 2. The van der Waals surface area contributed by atoms with E-state index in [9.17, 15) is 9.59 Å². The highest BCUT2D eigenvalue weighted by Gasteiger charge is 2.13. The molecule has 7 heteroatoms. The predicted molar refractivity (Wildman–Crippen MR) is 92.0 cm³/mol. The number of ether oxygens (including phenoxy) is 1. The lowest BCUT2D eigenvalue weighted by atomic mass is 10.1. The van der Waals surface area contributed by atoms with Crippen molar-refractivity contribution in [2.75, 3.05) is 24.4 Å². The molecule has 2 amide bonds. The highest BCUT2D eigenvalue weighted by Crippen LogP contribution is 2.16. The van der Waals surface area contributed by atoms with Crippen molar-refractivity contribution >= 4 is 23.2 Å². The number of nitrogens with one attached hydrogen (secondary N) is 2. The van der Waals surface area contributed by atoms with Gasteiger partial charge in [-0.3, -0.25) is 14.3 Å². The zero-order valence-corrected chi connectivity index (χ0v) is 14.3. The molecule has 0 atom stereocenters. The molecular weight excluding hydrogens is 308 g/mol. The topological polar surface area (TPSA) is 85.2 Å². The normalized spacial score (nSPS) is 10.5. The van der Waals surface area contributed by atoms with Gasteiger partial charge in [0.1, 0.15) is 6.61 Å². The second-order valence-electron chi connectivity index (χ2n) is 5.56. The van der Waals surface area contributed by atoms with E-state index in [0.717, 1.165) is 17.0 Å². The molecule has 0 spiro atoms. The number of carbonyl (C=O) groups is 2. The summed E-state index contributed by atoms with van der Waals surface area (Å²) in [5, 5.41) is 9.85. The quantitative estimate of drug-likeness (QED) is 0.846. The smallest absolute Gasteiger partial charge is 0.250 e. The van der Waals surface area contributed by atoms with E-state index in [1.165, 1.54) is 7.11 Å². The molecule has 24 heavy (non-hydrogen) atoms. The number of rotatable bonds is 6. The van der Waals surface area contributed by atoms with E-state index in [0.29, 0.717) is 11.4 Å². The van der Waals surface area contributed by atoms with Crippen LogP contribution in [0, 0.1) is 13.8 Å². The van der Waals surface area contributed by atoms with Crippen LogP contribution < -0.4 is 10.6 Å². The molecule has 1 aromatic heterocycles. The van der Waals surface area contributed by atoms with Crippen molar-refractivity contribution in [2.45, 2.75) is 20.3 Å². The van der Waals surface area contributed by atoms with Crippen LogP contribution in [-0.2, 0) is 27.8 Å². The van der Waals surface area contributed by atoms with Gasteiger partial charge in [0.15, 0.2) is 0 Å². The predicted octanol–water partition coefficient (Wildman–Crippen LogP) is 1.80. The molecule has 0 aliphatic carbocycles. The van der Waals surface area contributed by atoms with Crippen molar-refractivity contribution in [3.63, 3.8) is 0 Å². The lowest BCUT2D eigenvalue weighted by molar-refractivity contribution is -0.119. The first-order chi connectivity index (χ1) is 11.4. The molecule has 0 aliphatic heterocycles. The highest BCUT2D eigenvalue weighted by atomic mass is 16.5. The molecule has 0 fully saturated rings. The Kier molecular flexibility index (Phi) is 5.70. The second-order valence-corrected chi connectivity index (χ2v) is 5.56. The third-order valence-corrected chi connectivity index (χ3v) is 3.72. The summed E-state index contributed by atoms with van der Waals surface area (Å²) in [6.45, 7) is 3.84. The molecule has 0 aliphatic rings. The maximum absolute atomic E-state index is 12.2. The average Bonchev–Trinajstić information content (AvgIpc) is 2.76. The number of benzene rings is 1. The van der Waals surface area contributed by atoms with Crippen LogP contribution in [0.2, 0.25) is 0 Å². The lowest BCUT2D eigenvalue weighted by Crippen LogP contribution is -2.17. The van der Waals surface area contributed by atoms with Gasteiger partial charge in [-0.25, -0.2) is 0 Å². The maximum atomic E-state index is 12.2. The van der Waals surface area contributed by atoms with Gasteiger partial charge in [0.05, 0.1) is 12.1 Å². The molecule has 2 N–H and O–H groups in total. The van der Waals surface area contributed by atoms with Crippen LogP contribution in [0.5, 0.6) is 0 Å². The highest BCUT2D eigenvalue weighted by molar-refractivity contribution is 5.94. The number of anilines is 2. The van der Waals surface area contributed by atoms with E-state index in [4.69, 9.17) is 4.74 Å². The molecule has 0 radical (unpaired) electrons. The molecule has 2 aromatic rings. The summed E-state index contributed by atoms with van der Waals surface area (Å²) in [5.41, 5.74) is 4.11. The minimum absolute atomic E-state index is 0.00228. The van der Waals surface area contributed by atoms with Gasteiger partial charge in [-0.2, -0.15) is 5.10 Å². The Labute approximate surface area is 141 Å². The van der Waals surface area contributed by atoms with Crippen LogP contribution in [-0.4, -0.2) is 35.3 Å². The zero-order chi connectivity index (χ0) is 17.7. The van der Waals surface area contributed by atoms with E-state index >= 15 is 0 Å². The van der Waals surface area contributed by atoms with Crippen molar-refractivity contribution in [3.05, 3.63) is 41.2 Å². The van der Waals surface area contributed by atoms with Gasteiger partial charge < -0.3 is 15.4 Å². The summed E-state index contributed by atoms with van der Waals surface area (Å²) in [5.74, 6) is -0.331. The molecule has 0 bridgehead atoms. The zero-order valence-electron chi connectivity index (χ0n) is 14.3. The molecular formula is C17H22N4O3. The van der Waals surface area contributed by atoms with Crippen LogP contribution in [0.3, 0.4) is 0 Å². The first kappa shape index (κ1) is 17.7. The van der Waals surface area contributed by atoms with Crippen LogP contribution in [0.1, 0.15) is 17.0 Å². The summed E-state index contributed by atoms with van der Waals surface area (Å²) in [6.07, 6.45) is 0.276. The SMILES string of the molecule is COCC(=O)Nc1ccc(NC(=O)Cc2c(C)nn(C)c2C)cc1. The van der Waals surface area contributed by atoms with Crippen LogP contribution in [0.25, 0.3) is 0 Å². The standard InChI is InChI=1S/C17H22N4O3/c1-11-15(12(2)21(3)20-11)9-16(22)18-13-5-7-14(8-6-13)19-17(23)10-24-4/h5-8H,9-10H2,1-4H3,(H,18,22)(H,19,23).